The first-order valence-corrected chi connectivity index (χ1v) is 4.83. The van der Waals surface area contributed by atoms with Crippen LogP contribution in [0.4, 0.5) is 0 Å². The van der Waals surface area contributed by atoms with Gasteiger partial charge in [-0.3, -0.25) is 0 Å². The lowest BCUT2D eigenvalue weighted by Crippen LogP contribution is -2.18. The quantitative estimate of drug-likeness (QED) is 0.348. The molecule has 0 saturated heterocycles. The largest absolute Gasteiger partial charge is 0.409 e. The van der Waals surface area contributed by atoms with Crippen LogP contribution in [-0.2, 0) is 6.54 Å². The van der Waals surface area contributed by atoms with Gasteiger partial charge >= 0.3 is 0 Å². The standard InChI is InChI=1S/C11H12N4O/c12-11(14-16)10-6-13-8-15(10)7-9-4-2-1-3-5-9/h1-6,8,16H,7H2,(H2,12,14). The Balaban J connectivity index is 2.26. The summed E-state index contributed by atoms with van der Waals surface area (Å²) in [6.07, 6.45) is 3.22. The molecule has 0 fully saturated rings. The highest BCUT2D eigenvalue weighted by atomic mass is 16.4. The van der Waals surface area contributed by atoms with Gasteiger partial charge in [-0.15, -0.1) is 0 Å². The summed E-state index contributed by atoms with van der Waals surface area (Å²) in [5.74, 6) is 0.0634. The van der Waals surface area contributed by atoms with E-state index in [1.54, 1.807) is 12.5 Å². The number of hydrogen-bond acceptors (Lipinski definition) is 3. The minimum atomic E-state index is 0.0634. The maximum Gasteiger partial charge on any atom is 0.188 e. The van der Waals surface area contributed by atoms with Gasteiger partial charge in [-0.25, -0.2) is 4.98 Å². The van der Waals surface area contributed by atoms with E-state index in [0.717, 1.165) is 5.56 Å². The summed E-state index contributed by atoms with van der Waals surface area (Å²) in [5, 5.41) is 11.6. The number of oxime groups is 1. The molecule has 0 atom stereocenters. The average molecular weight is 216 g/mol. The van der Waals surface area contributed by atoms with Crippen molar-refractivity contribution in [3.8, 4) is 0 Å². The van der Waals surface area contributed by atoms with Crippen molar-refractivity contribution in [3.63, 3.8) is 0 Å². The molecule has 1 aromatic heterocycles. The second-order valence-electron chi connectivity index (χ2n) is 3.38. The molecule has 0 radical (unpaired) electrons. The van der Waals surface area contributed by atoms with E-state index < -0.39 is 0 Å². The monoisotopic (exact) mass is 216 g/mol. The summed E-state index contributed by atoms with van der Waals surface area (Å²) in [7, 11) is 0. The number of amidine groups is 1. The zero-order valence-corrected chi connectivity index (χ0v) is 8.61. The zero-order chi connectivity index (χ0) is 11.4. The topological polar surface area (TPSA) is 76.4 Å². The second-order valence-corrected chi connectivity index (χ2v) is 3.38. The smallest absolute Gasteiger partial charge is 0.188 e. The Morgan fingerprint density at radius 3 is 2.81 bits per heavy atom. The summed E-state index contributed by atoms with van der Waals surface area (Å²) < 4.78 is 1.82. The summed E-state index contributed by atoms with van der Waals surface area (Å²) in [4.78, 5) is 3.98. The van der Waals surface area contributed by atoms with E-state index in [4.69, 9.17) is 10.9 Å². The summed E-state index contributed by atoms with van der Waals surface area (Å²) in [6.45, 7) is 0.645. The Hall–Kier alpha value is -2.30. The van der Waals surface area contributed by atoms with Gasteiger partial charge in [0.1, 0.15) is 5.69 Å². The lowest BCUT2D eigenvalue weighted by molar-refractivity contribution is 0.318. The van der Waals surface area contributed by atoms with Gasteiger partial charge in [0.15, 0.2) is 5.84 Å². The van der Waals surface area contributed by atoms with Crippen LogP contribution in [0.2, 0.25) is 0 Å². The van der Waals surface area contributed by atoms with Crippen molar-refractivity contribution in [3.05, 3.63) is 54.1 Å². The molecule has 0 saturated carbocycles. The first kappa shape index (κ1) is 10.2. The van der Waals surface area contributed by atoms with Crippen molar-refractivity contribution < 1.29 is 5.21 Å². The van der Waals surface area contributed by atoms with Crippen molar-refractivity contribution in [2.24, 2.45) is 10.9 Å². The summed E-state index contributed by atoms with van der Waals surface area (Å²) in [6, 6.07) is 9.92. The van der Waals surface area contributed by atoms with Gasteiger partial charge in [0.25, 0.3) is 0 Å². The van der Waals surface area contributed by atoms with E-state index in [9.17, 15) is 0 Å². The van der Waals surface area contributed by atoms with E-state index in [0.29, 0.717) is 12.2 Å². The minimum absolute atomic E-state index is 0.0634. The first-order valence-electron chi connectivity index (χ1n) is 4.83. The normalized spacial score (nSPS) is 11.6. The highest BCUT2D eigenvalue weighted by molar-refractivity contribution is 5.95. The molecule has 0 bridgehead atoms. The molecule has 0 aliphatic carbocycles. The molecular weight excluding hydrogens is 204 g/mol. The Morgan fingerprint density at radius 2 is 2.12 bits per heavy atom. The Kier molecular flexibility index (Phi) is 2.86. The van der Waals surface area contributed by atoms with Gasteiger partial charge in [-0.05, 0) is 5.56 Å². The molecule has 1 heterocycles. The molecule has 0 spiro atoms. The number of nitrogens with zero attached hydrogens (tertiary/aromatic N) is 3. The van der Waals surface area contributed by atoms with Gasteiger partial charge in [0.2, 0.25) is 0 Å². The molecule has 16 heavy (non-hydrogen) atoms. The van der Waals surface area contributed by atoms with Gasteiger partial charge in [-0.2, -0.15) is 0 Å². The highest BCUT2D eigenvalue weighted by Gasteiger charge is 2.06. The zero-order valence-electron chi connectivity index (χ0n) is 8.61. The van der Waals surface area contributed by atoms with E-state index in [1.165, 1.54) is 0 Å². The summed E-state index contributed by atoms with van der Waals surface area (Å²) in [5.41, 5.74) is 7.27. The second kappa shape index (κ2) is 4.48. The average Bonchev–Trinajstić information content (AvgIpc) is 2.77. The van der Waals surface area contributed by atoms with Crippen molar-refractivity contribution in [1.82, 2.24) is 9.55 Å². The highest BCUT2D eigenvalue weighted by Crippen LogP contribution is 2.05. The fourth-order valence-electron chi connectivity index (χ4n) is 1.49. The lowest BCUT2D eigenvalue weighted by atomic mass is 10.2. The molecule has 2 aromatic rings. The molecular formula is C11H12N4O. The van der Waals surface area contributed by atoms with E-state index in [1.807, 2.05) is 34.9 Å². The predicted octanol–water partition coefficient (Wildman–Crippen LogP) is 1.03. The fraction of sp³-hybridized carbons (Fsp3) is 0.0909. The van der Waals surface area contributed by atoms with Crippen molar-refractivity contribution >= 4 is 5.84 Å². The number of benzene rings is 1. The Labute approximate surface area is 92.8 Å². The molecule has 2 rings (SSSR count). The van der Waals surface area contributed by atoms with E-state index >= 15 is 0 Å². The van der Waals surface area contributed by atoms with Crippen LogP contribution < -0.4 is 5.73 Å². The molecule has 0 amide bonds. The van der Waals surface area contributed by atoms with Crippen LogP contribution in [0, 0.1) is 0 Å². The number of hydrogen-bond donors (Lipinski definition) is 2. The lowest BCUT2D eigenvalue weighted by Gasteiger charge is -2.06. The minimum Gasteiger partial charge on any atom is -0.409 e. The number of imidazole rings is 1. The van der Waals surface area contributed by atoms with Gasteiger partial charge in [-0.1, -0.05) is 35.5 Å². The maximum absolute atomic E-state index is 8.62. The van der Waals surface area contributed by atoms with Crippen molar-refractivity contribution in [1.29, 1.82) is 0 Å². The Bertz CT molecular complexity index is 490. The number of aromatic nitrogens is 2. The number of nitrogens with two attached hydrogens (primary N) is 1. The number of rotatable bonds is 3. The molecule has 82 valence electrons. The van der Waals surface area contributed by atoms with Crippen LogP contribution in [0.5, 0.6) is 0 Å². The predicted molar refractivity (Wildman–Crippen MR) is 60.3 cm³/mol. The molecule has 0 unspecified atom stereocenters. The molecule has 3 N–H and O–H groups in total. The van der Waals surface area contributed by atoms with Gasteiger partial charge in [0.05, 0.1) is 12.5 Å². The third-order valence-corrected chi connectivity index (χ3v) is 2.28. The maximum atomic E-state index is 8.62. The van der Waals surface area contributed by atoms with E-state index in [2.05, 4.69) is 10.1 Å². The van der Waals surface area contributed by atoms with Gasteiger partial charge in [0, 0.05) is 6.54 Å². The van der Waals surface area contributed by atoms with Crippen LogP contribution in [-0.4, -0.2) is 20.6 Å². The Morgan fingerprint density at radius 1 is 1.38 bits per heavy atom. The first-order chi connectivity index (χ1) is 7.81. The third-order valence-electron chi connectivity index (χ3n) is 2.28. The van der Waals surface area contributed by atoms with Crippen LogP contribution >= 0.6 is 0 Å². The van der Waals surface area contributed by atoms with E-state index in [-0.39, 0.29) is 5.84 Å². The van der Waals surface area contributed by atoms with Crippen LogP contribution in [0.3, 0.4) is 0 Å². The van der Waals surface area contributed by atoms with Crippen LogP contribution in [0.1, 0.15) is 11.3 Å². The van der Waals surface area contributed by atoms with Crippen LogP contribution in [0.25, 0.3) is 0 Å². The fourth-order valence-corrected chi connectivity index (χ4v) is 1.49. The molecule has 0 aliphatic rings. The molecule has 5 nitrogen and oxygen atoms in total. The van der Waals surface area contributed by atoms with Crippen molar-refractivity contribution in [2.75, 3.05) is 0 Å². The molecule has 1 aromatic carbocycles. The third kappa shape index (κ3) is 2.03. The SMILES string of the molecule is N/C(=N/O)c1cncn1Cc1ccccc1. The van der Waals surface area contributed by atoms with Crippen LogP contribution in [0.15, 0.2) is 48.0 Å². The molecule has 5 heteroatoms. The molecule has 0 aliphatic heterocycles. The summed E-state index contributed by atoms with van der Waals surface area (Å²) >= 11 is 0. The van der Waals surface area contributed by atoms with Gasteiger partial charge < -0.3 is 15.5 Å². The van der Waals surface area contributed by atoms with Crippen molar-refractivity contribution in [2.45, 2.75) is 6.54 Å².